The van der Waals surface area contributed by atoms with Crippen LogP contribution < -0.4 is 21.7 Å². The highest BCUT2D eigenvalue weighted by Crippen LogP contribution is 2.22. The van der Waals surface area contributed by atoms with Crippen LogP contribution in [0.15, 0.2) is 39.9 Å². The van der Waals surface area contributed by atoms with Gasteiger partial charge in [-0.2, -0.15) is 0 Å². The molecule has 2 rings (SSSR count). The molecule has 0 bridgehead atoms. The van der Waals surface area contributed by atoms with E-state index < -0.39 is 5.91 Å². The molecule has 9 nitrogen and oxygen atoms in total. The summed E-state index contributed by atoms with van der Waals surface area (Å²) in [6, 6.07) is 7.00. The van der Waals surface area contributed by atoms with Crippen LogP contribution in [0, 0.1) is 0 Å². The molecule has 5 N–H and O–H groups in total. The zero-order valence-electron chi connectivity index (χ0n) is 17.9. The summed E-state index contributed by atoms with van der Waals surface area (Å²) < 4.78 is 5.79. The maximum Gasteiger partial charge on any atom is 0.251 e. The zero-order chi connectivity index (χ0) is 22.1. The van der Waals surface area contributed by atoms with Crippen molar-refractivity contribution in [1.82, 2.24) is 20.9 Å². The van der Waals surface area contributed by atoms with Crippen LogP contribution in [0.1, 0.15) is 55.3 Å². The van der Waals surface area contributed by atoms with Crippen LogP contribution in [0.2, 0.25) is 0 Å². The van der Waals surface area contributed by atoms with E-state index in [2.05, 4.69) is 46.7 Å². The van der Waals surface area contributed by atoms with Gasteiger partial charge in [-0.05, 0) is 24.6 Å². The number of hydrogen-bond donors (Lipinski definition) is 4. The lowest BCUT2D eigenvalue weighted by atomic mass is 9.94. The summed E-state index contributed by atoms with van der Waals surface area (Å²) in [6.07, 6.45) is 1.75. The third-order valence-corrected chi connectivity index (χ3v) is 4.10. The second-order valence-electron chi connectivity index (χ2n) is 7.76. The van der Waals surface area contributed by atoms with Gasteiger partial charge in [0.05, 0.1) is 25.8 Å². The number of rotatable bonds is 8. The number of guanidine groups is 1. The van der Waals surface area contributed by atoms with E-state index in [0.717, 1.165) is 11.3 Å². The molecule has 0 aliphatic heterocycles. The van der Waals surface area contributed by atoms with Crippen molar-refractivity contribution in [2.75, 3.05) is 13.1 Å². The zero-order valence-corrected chi connectivity index (χ0v) is 17.9. The largest absolute Gasteiger partial charge is 0.443 e. The first-order chi connectivity index (χ1) is 14.2. The van der Waals surface area contributed by atoms with Crippen LogP contribution in [-0.2, 0) is 23.3 Å². The molecule has 0 saturated carbocycles. The minimum atomic E-state index is -0.586. The highest BCUT2D eigenvalue weighted by molar-refractivity contribution is 5.96. The van der Waals surface area contributed by atoms with Crippen LogP contribution in [0.25, 0.3) is 0 Å². The number of oxazole rings is 1. The molecular formula is C21H30N6O3. The molecule has 0 spiro atoms. The van der Waals surface area contributed by atoms with E-state index in [-0.39, 0.29) is 17.9 Å². The van der Waals surface area contributed by atoms with Gasteiger partial charge in [0.2, 0.25) is 11.8 Å². The predicted molar refractivity (Wildman–Crippen MR) is 115 cm³/mol. The Morgan fingerprint density at radius 2 is 1.83 bits per heavy atom. The number of amides is 2. The molecule has 0 unspecified atom stereocenters. The van der Waals surface area contributed by atoms with Gasteiger partial charge in [-0.25, -0.2) is 9.98 Å². The van der Waals surface area contributed by atoms with Gasteiger partial charge < -0.3 is 26.1 Å². The molecule has 1 heterocycles. The maximum absolute atomic E-state index is 11.9. The second-order valence-corrected chi connectivity index (χ2v) is 7.76. The molecule has 2 aromatic rings. The third kappa shape index (κ3) is 7.23. The van der Waals surface area contributed by atoms with Crippen molar-refractivity contribution in [2.24, 2.45) is 10.7 Å². The molecule has 2 amide bonds. The summed E-state index contributed by atoms with van der Waals surface area (Å²) in [4.78, 5) is 31.5. The van der Waals surface area contributed by atoms with Crippen molar-refractivity contribution in [2.45, 2.75) is 46.2 Å². The van der Waals surface area contributed by atoms with Crippen LogP contribution in [-0.4, -0.2) is 35.8 Å². The SMILES string of the molecule is CCNC(=NCc1ccc(C(=O)NCC(N)=O)cc1)NCc1ncc(C(C)(C)C)o1. The number of benzene rings is 1. The molecule has 0 aliphatic carbocycles. The smallest absolute Gasteiger partial charge is 0.251 e. The van der Waals surface area contributed by atoms with E-state index >= 15 is 0 Å². The Morgan fingerprint density at radius 3 is 2.40 bits per heavy atom. The van der Waals surface area contributed by atoms with E-state index in [9.17, 15) is 9.59 Å². The van der Waals surface area contributed by atoms with E-state index in [1.807, 2.05) is 19.1 Å². The summed E-state index contributed by atoms with van der Waals surface area (Å²) in [6.45, 7) is 9.57. The maximum atomic E-state index is 11.9. The molecule has 0 fully saturated rings. The van der Waals surface area contributed by atoms with Crippen molar-refractivity contribution in [3.05, 3.63) is 53.2 Å². The van der Waals surface area contributed by atoms with Gasteiger partial charge in [-0.1, -0.05) is 32.9 Å². The Morgan fingerprint density at radius 1 is 1.13 bits per heavy atom. The normalized spacial score (nSPS) is 11.8. The Kier molecular flexibility index (Phi) is 7.97. The Hall–Kier alpha value is -3.36. The number of carbonyl (C=O) groups is 2. The van der Waals surface area contributed by atoms with Crippen molar-refractivity contribution in [3.8, 4) is 0 Å². The van der Waals surface area contributed by atoms with E-state index in [0.29, 0.717) is 37.0 Å². The first-order valence-corrected chi connectivity index (χ1v) is 9.82. The molecule has 30 heavy (non-hydrogen) atoms. The lowest BCUT2D eigenvalue weighted by Crippen LogP contribution is -2.36. The molecule has 0 atom stereocenters. The number of hydrogen-bond acceptors (Lipinski definition) is 5. The molecular weight excluding hydrogens is 384 g/mol. The number of nitrogens with zero attached hydrogens (tertiary/aromatic N) is 2. The second kappa shape index (κ2) is 10.4. The van der Waals surface area contributed by atoms with Gasteiger partial charge in [-0.3, -0.25) is 9.59 Å². The van der Waals surface area contributed by atoms with E-state index in [1.165, 1.54) is 0 Å². The number of nitrogens with one attached hydrogen (secondary N) is 3. The van der Waals surface area contributed by atoms with Crippen molar-refractivity contribution < 1.29 is 14.0 Å². The Bertz CT molecular complexity index is 881. The third-order valence-electron chi connectivity index (χ3n) is 4.10. The predicted octanol–water partition coefficient (Wildman–Crippen LogP) is 1.44. The molecule has 1 aromatic heterocycles. The van der Waals surface area contributed by atoms with Gasteiger partial charge >= 0.3 is 0 Å². The van der Waals surface area contributed by atoms with Crippen molar-refractivity contribution in [3.63, 3.8) is 0 Å². The summed E-state index contributed by atoms with van der Waals surface area (Å²) in [5, 5.41) is 8.83. The fourth-order valence-electron chi connectivity index (χ4n) is 2.44. The standard InChI is InChI=1S/C21H30N6O3/c1-5-23-20(27-13-18-24-11-16(30-18)21(2,3)4)26-10-14-6-8-15(9-7-14)19(29)25-12-17(22)28/h6-9,11H,5,10,12-13H2,1-4H3,(H2,22,28)(H,25,29)(H2,23,26,27). The molecule has 0 saturated heterocycles. The van der Waals surface area contributed by atoms with Gasteiger partial charge in [0.25, 0.3) is 5.91 Å². The topological polar surface area (TPSA) is 135 Å². The minimum Gasteiger partial charge on any atom is -0.443 e. The lowest BCUT2D eigenvalue weighted by molar-refractivity contribution is -0.117. The summed E-state index contributed by atoms with van der Waals surface area (Å²) >= 11 is 0. The number of aliphatic imine (C=N–C) groups is 1. The highest BCUT2D eigenvalue weighted by atomic mass is 16.4. The molecule has 1 aromatic carbocycles. The fraction of sp³-hybridized carbons (Fsp3) is 0.429. The molecule has 162 valence electrons. The van der Waals surface area contributed by atoms with E-state index in [1.54, 1.807) is 18.3 Å². The lowest BCUT2D eigenvalue weighted by Gasteiger charge is -2.13. The monoisotopic (exact) mass is 414 g/mol. The molecule has 9 heteroatoms. The van der Waals surface area contributed by atoms with Gasteiger partial charge in [-0.15, -0.1) is 0 Å². The summed E-state index contributed by atoms with van der Waals surface area (Å²) in [7, 11) is 0. The average Bonchev–Trinajstić information content (AvgIpc) is 3.18. The number of primary amides is 1. The van der Waals surface area contributed by atoms with Gasteiger partial charge in [0, 0.05) is 17.5 Å². The Labute approximate surface area is 176 Å². The van der Waals surface area contributed by atoms with Gasteiger partial charge in [0.1, 0.15) is 5.76 Å². The summed E-state index contributed by atoms with van der Waals surface area (Å²) in [5.41, 5.74) is 6.32. The first kappa shape index (κ1) is 22.9. The van der Waals surface area contributed by atoms with Crippen LogP contribution in [0.3, 0.4) is 0 Å². The number of aromatic nitrogens is 1. The van der Waals surface area contributed by atoms with E-state index in [4.69, 9.17) is 10.2 Å². The van der Waals surface area contributed by atoms with Crippen LogP contribution in [0.4, 0.5) is 0 Å². The van der Waals surface area contributed by atoms with Crippen molar-refractivity contribution in [1.29, 1.82) is 0 Å². The van der Waals surface area contributed by atoms with Crippen LogP contribution >= 0.6 is 0 Å². The Balaban J connectivity index is 1.94. The number of carbonyl (C=O) groups excluding carboxylic acids is 2. The summed E-state index contributed by atoms with van der Waals surface area (Å²) in [5.74, 6) is 1.13. The minimum absolute atomic E-state index is 0.0905. The quantitative estimate of drug-likeness (QED) is 0.381. The van der Waals surface area contributed by atoms with Crippen LogP contribution in [0.5, 0.6) is 0 Å². The fourth-order valence-corrected chi connectivity index (χ4v) is 2.44. The highest BCUT2D eigenvalue weighted by Gasteiger charge is 2.19. The molecule has 0 aliphatic rings. The van der Waals surface area contributed by atoms with Crippen molar-refractivity contribution >= 4 is 17.8 Å². The van der Waals surface area contributed by atoms with Gasteiger partial charge in [0.15, 0.2) is 5.96 Å². The number of nitrogens with two attached hydrogens (primary N) is 1. The molecule has 0 radical (unpaired) electrons. The average molecular weight is 415 g/mol. The first-order valence-electron chi connectivity index (χ1n) is 9.82.